The van der Waals surface area contributed by atoms with Gasteiger partial charge in [-0.05, 0) is 31.2 Å². The van der Waals surface area contributed by atoms with Crippen molar-refractivity contribution < 1.29 is 14.5 Å². The van der Waals surface area contributed by atoms with Gasteiger partial charge in [0.25, 0.3) is 5.91 Å². The molecule has 0 spiro atoms. The highest BCUT2D eigenvalue weighted by Crippen LogP contribution is 2.28. The number of nitrogens with zero attached hydrogens (tertiary/aromatic N) is 2. The Morgan fingerprint density at radius 2 is 2.18 bits per heavy atom. The Labute approximate surface area is 131 Å². The number of anilines is 1. The topological polar surface area (TPSA) is 94.4 Å². The van der Waals surface area contributed by atoms with Crippen LogP contribution >= 0.6 is 11.6 Å². The number of nitro benzene ring substituents is 1. The first-order valence-corrected chi connectivity index (χ1v) is 6.73. The summed E-state index contributed by atoms with van der Waals surface area (Å²) in [5, 5.41) is 14.0. The molecule has 0 fully saturated rings. The summed E-state index contributed by atoms with van der Waals surface area (Å²) in [6.45, 7) is 2.01. The van der Waals surface area contributed by atoms with E-state index in [1.165, 1.54) is 24.4 Å². The highest BCUT2D eigenvalue weighted by Gasteiger charge is 2.18. The van der Waals surface area contributed by atoms with Gasteiger partial charge >= 0.3 is 5.69 Å². The molecule has 0 aliphatic carbocycles. The Bertz CT molecular complexity index is 721. The number of aromatic nitrogens is 1. The van der Waals surface area contributed by atoms with Crippen LogP contribution in [0.3, 0.4) is 0 Å². The lowest BCUT2D eigenvalue weighted by molar-refractivity contribution is -0.385. The Balaban J connectivity index is 2.26. The maximum atomic E-state index is 12.1. The standard InChI is InChI=1S/C14H12ClN3O4/c1-2-22-12-4-3-9(7-11(12)18(20)21)14(19)17-13-8-10(15)5-6-16-13/h3-8H,2H2,1H3,(H,16,17,19). The van der Waals surface area contributed by atoms with E-state index < -0.39 is 10.8 Å². The number of halogens is 1. The van der Waals surface area contributed by atoms with Crippen LogP contribution in [0.1, 0.15) is 17.3 Å². The average molecular weight is 322 g/mol. The van der Waals surface area contributed by atoms with Crippen molar-refractivity contribution in [3.8, 4) is 5.75 Å². The number of rotatable bonds is 5. The molecule has 1 aromatic heterocycles. The van der Waals surface area contributed by atoms with Gasteiger partial charge in [0.1, 0.15) is 5.82 Å². The molecule has 22 heavy (non-hydrogen) atoms. The molecule has 1 N–H and O–H groups in total. The molecular formula is C14H12ClN3O4. The van der Waals surface area contributed by atoms with Gasteiger partial charge in [-0.1, -0.05) is 11.6 Å². The van der Waals surface area contributed by atoms with Crippen molar-refractivity contribution >= 4 is 29.0 Å². The van der Waals surface area contributed by atoms with Crippen molar-refractivity contribution in [2.75, 3.05) is 11.9 Å². The van der Waals surface area contributed by atoms with Gasteiger partial charge in [0, 0.05) is 22.8 Å². The molecule has 0 bridgehead atoms. The van der Waals surface area contributed by atoms with Gasteiger partial charge in [0.2, 0.25) is 0 Å². The van der Waals surface area contributed by atoms with Crippen LogP contribution in [0, 0.1) is 10.1 Å². The summed E-state index contributed by atoms with van der Waals surface area (Å²) in [5.74, 6) is -0.153. The summed E-state index contributed by atoms with van der Waals surface area (Å²) >= 11 is 5.80. The first kappa shape index (κ1) is 15.7. The third kappa shape index (κ3) is 3.70. The Hall–Kier alpha value is -2.67. The van der Waals surface area contributed by atoms with Crippen molar-refractivity contribution in [1.82, 2.24) is 4.98 Å². The highest BCUT2D eigenvalue weighted by molar-refractivity contribution is 6.30. The second-order valence-electron chi connectivity index (χ2n) is 4.19. The van der Waals surface area contributed by atoms with Gasteiger partial charge in [0.05, 0.1) is 11.5 Å². The second kappa shape index (κ2) is 6.86. The first-order chi connectivity index (χ1) is 10.5. The molecule has 0 unspecified atom stereocenters. The fraction of sp³-hybridized carbons (Fsp3) is 0.143. The minimum Gasteiger partial charge on any atom is -0.487 e. The summed E-state index contributed by atoms with van der Waals surface area (Å²) in [6, 6.07) is 7.03. The van der Waals surface area contributed by atoms with Gasteiger partial charge < -0.3 is 10.1 Å². The number of nitrogens with one attached hydrogen (secondary N) is 1. The zero-order chi connectivity index (χ0) is 16.1. The molecule has 1 heterocycles. The summed E-state index contributed by atoms with van der Waals surface area (Å²) < 4.78 is 5.16. The summed E-state index contributed by atoms with van der Waals surface area (Å²) in [4.78, 5) is 26.5. The van der Waals surface area contributed by atoms with E-state index in [9.17, 15) is 14.9 Å². The predicted molar refractivity (Wildman–Crippen MR) is 81.5 cm³/mol. The minimum atomic E-state index is -0.598. The molecule has 1 aromatic carbocycles. The number of hydrogen-bond donors (Lipinski definition) is 1. The van der Waals surface area contributed by atoms with E-state index in [4.69, 9.17) is 16.3 Å². The number of ether oxygens (including phenoxy) is 1. The van der Waals surface area contributed by atoms with Crippen molar-refractivity contribution in [2.45, 2.75) is 6.92 Å². The van der Waals surface area contributed by atoms with E-state index in [0.29, 0.717) is 11.6 Å². The molecule has 1 amide bonds. The molecule has 0 radical (unpaired) electrons. The number of hydrogen-bond acceptors (Lipinski definition) is 5. The van der Waals surface area contributed by atoms with Crippen molar-refractivity contribution in [2.24, 2.45) is 0 Å². The summed E-state index contributed by atoms with van der Waals surface area (Å²) in [6.07, 6.45) is 1.44. The number of amides is 1. The third-order valence-corrected chi connectivity index (χ3v) is 2.92. The van der Waals surface area contributed by atoms with E-state index in [-0.39, 0.29) is 22.8 Å². The van der Waals surface area contributed by atoms with Gasteiger partial charge in [-0.15, -0.1) is 0 Å². The Morgan fingerprint density at radius 3 is 2.82 bits per heavy atom. The largest absolute Gasteiger partial charge is 0.487 e. The van der Waals surface area contributed by atoms with E-state index in [0.717, 1.165) is 6.07 Å². The van der Waals surface area contributed by atoms with Crippen molar-refractivity contribution in [1.29, 1.82) is 0 Å². The molecule has 7 nitrogen and oxygen atoms in total. The molecule has 2 aromatic rings. The molecule has 8 heteroatoms. The van der Waals surface area contributed by atoms with Gasteiger partial charge in [-0.2, -0.15) is 0 Å². The SMILES string of the molecule is CCOc1ccc(C(=O)Nc2cc(Cl)ccn2)cc1[N+](=O)[O-]. The Kier molecular flexibility index (Phi) is 4.90. The van der Waals surface area contributed by atoms with E-state index in [1.807, 2.05) is 0 Å². The monoisotopic (exact) mass is 321 g/mol. The summed E-state index contributed by atoms with van der Waals surface area (Å²) in [7, 11) is 0. The van der Waals surface area contributed by atoms with E-state index >= 15 is 0 Å². The lowest BCUT2D eigenvalue weighted by atomic mass is 10.1. The number of pyridine rings is 1. The molecule has 0 saturated heterocycles. The maximum absolute atomic E-state index is 12.1. The summed E-state index contributed by atoms with van der Waals surface area (Å²) in [5.41, 5.74) is -0.148. The second-order valence-corrected chi connectivity index (χ2v) is 4.62. The van der Waals surface area contributed by atoms with E-state index in [2.05, 4.69) is 10.3 Å². The zero-order valence-corrected chi connectivity index (χ0v) is 12.3. The van der Waals surface area contributed by atoms with Crippen LogP contribution in [0.5, 0.6) is 5.75 Å². The predicted octanol–water partition coefficient (Wildman–Crippen LogP) is 3.29. The van der Waals surface area contributed by atoms with Crippen molar-refractivity contribution in [3.05, 3.63) is 57.2 Å². The fourth-order valence-corrected chi connectivity index (χ4v) is 1.90. The normalized spacial score (nSPS) is 10.1. The lowest BCUT2D eigenvalue weighted by Crippen LogP contribution is -2.13. The first-order valence-electron chi connectivity index (χ1n) is 6.35. The fourth-order valence-electron chi connectivity index (χ4n) is 1.74. The van der Waals surface area contributed by atoms with Crippen LogP contribution in [0.4, 0.5) is 11.5 Å². The number of nitro groups is 1. The molecule has 114 valence electrons. The van der Waals surface area contributed by atoms with Crippen LogP contribution in [-0.2, 0) is 0 Å². The molecule has 0 saturated carbocycles. The van der Waals surface area contributed by atoms with Crippen LogP contribution in [0.2, 0.25) is 5.02 Å². The maximum Gasteiger partial charge on any atom is 0.311 e. The zero-order valence-electron chi connectivity index (χ0n) is 11.6. The molecular weight excluding hydrogens is 310 g/mol. The van der Waals surface area contributed by atoms with Crippen LogP contribution < -0.4 is 10.1 Å². The average Bonchev–Trinajstić information content (AvgIpc) is 2.47. The van der Waals surface area contributed by atoms with Crippen LogP contribution in [0.25, 0.3) is 0 Å². The molecule has 0 aliphatic rings. The van der Waals surface area contributed by atoms with Gasteiger partial charge in [0.15, 0.2) is 5.75 Å². The number of benzene rings is 1. The number of carbonyl (C=O) groups is 1. The molecule has 0 aliphatic heterocycles. The third-order valence-electron chi connectivity index (χ3n) is 2.68. The smallest absolute Gasteiger partial charge is 0.311 e. The van der Waals surface area contributed by atoms with Crippen LogP contribution in [0.15, 0.2) is 36.5 Å². The molecule has 0 atom stereocenters. The molecule has 2 rings (SSSR count). The van der Waals surface area contributed by atoms with Crippen LogP contribution in [-0.4, -0.2) is 22.4 Å². The minimum absolute atomic E-state index is 0.116. The van der Waals surface area contributed by atoms with Gasteiger partial charge in [-0.3, -0.25) is 14.9 Å². The van der Waals surface area contributed by atoms with Crippen molar-refractivity contribution in [3.63, 3.8) is 0 Å². The van der Waals surface area contributed by atoms with E-state index in [1.54, 1.807) is 13.0 Å². The quantitative estimate of drug-likeness (QED) is 0.673. The lowest BCUT2D eigenvalue weighted by Gasteiger charge is -2.07. The van der Waals surface area contributed by atoms with Gasteiger partial charge in [-0.25, -0.2) is 4.98 Å². The highest BCUT2D eigenvalue weighted by atomic mass is 35.5. The Morgan fingerprint density at radius 1 is 1.41 bits per heavy atom. The number of carbonyl (C=O) groups excluding carboxylic acids is 1.